The Kier molecular flexibility index (Phi) is 2.64. The SMILES string of the molecule is CCc1cncc([C@H]2CN3CCC2CC3)n1. The fraction of sp³-hybridized carbons (Fsp3) is 0.692. The van der Waals surface area contributed by atoms with Crippen LogP contribution in [0.3, 0.4) is 0 Å². The molecular weight excluding hydrogens is 198 g/mol. The second kappa shape index (κ2) is 4.13. The summed E-state index contributed by atoms with van der Waals surface area (Å²) in [6.45, 7) is 5.93. The van der Waals surface area contributed by atoms with E-state index in [1.165, 1.54) is 38.2 Å². The highest BCUT2D eigenvalue weighted by molar-refractivity contribution is 5.13. The van der Waals surface area contributed by atoms with Crippen LogP contribution in [0.15, 0.2) is 12.4 Å². The van der Waals surface area contributed by atoms with Crippen molar-refractivity contribution in [1.29, 1.82) is 0 Å². The second-order valence-electron chi connectivity index (χ2n) is 5.03. The van der Waals surface area contributed by atoms with Gasteiger partial charge in [-0.25, -0.2) is 0 Å². The molecular formula is C13H19N3. The lowest BCUT2D eigenvalue weighted by Gasteiger charge is -2.44. The lowest BCUT2D eigenvalue weighted by atomic mass is 9.77. The van der Waals surface area contributed by atoms with Crippen molar-refractivity contribution < 1.29 is 0 Å². The van der Waals surface area contributed by atoms with E-state index in [1.807, 2.05) is 12.4 Å². The molecule has 86 valence electrons. The molecule has 1 atom stereocenters. The molecule has 3 aliphatic heterocycles. The van der Waals surface area contributed by atoms with Gasteiger partial charge in [-0.05, 0) is 38.3 Å². The molecule has 3 heteroatoms. The smallest absolute Gasteiger partial charge is 0.0636 e. The molecule has 0 aromatic carbocycles. The number of piperidine rings is 3. The Bertz CT molecular complexity index is 369. The zero-order valence-electron chi connectivity index (χ0n) is 9.89. The van der Waals surface area contributed by atoms with Crippen molar-refractivity contribution >= 4 is 0 Å². The lowest BCUT2D eigenvalue weighted by molar-refractivity contribution is 0.0852. The van der Waals surface area contributed by atoms with Crippen LogP contribution < -0.4 is 0 Å². The van der Waals surface area contributed by atoms with Gasteiger partial charge in [0.15, 0.2) is 0 Å². The molecule has 3 saturated heterocycles. The zero-order valence-corrected chi connectivity index (χ0v) is 9.89. The van der Waals surface area contributed by atoms with E-state index in [-0.39, 0.29) is 0 Å². The highest BCUT2D eigenvalue weighted by atomic mass is 15.1. The summed E-state index contributed by atoms with van der Waals surface area (Å²) >= 11 is 0. The summed E-state index contributed by atoms with van der Waals surface area (Å²) in [5.74, 6) is 1.49. The van der Waals surface area contributed by atoms with E-state index in [0.29, 0.717) is 5.92 Å². The van der Waals surface area contributed by atoms with Gasteiger partial charge in [-0.3, -0.25) is 9.97 Å². The molecule has 0 unspecified atom stereocenters. The maximum atomic E-state index is 4.74. The van der Waals surface area contributed by atoms with Crippen molar-refractivity contribution in [2.24, 2.45) is 5.92 Å². The number of fused-ring (bicyclic) bond motifs is 3. The first-order chi connectivity index (χ1) is 7.86. The standard InChI is InChI=1S/C13H19N3/c1-2-11-7-14-8-13(15-11)12-9-16-5-3-10(12)4-6-16/h7-8,10,12H,2-6,9H2,1H3/t12-/m0/s1. The highest BCUT2D eigenvalue weighted by Gasteiger charge is 2.35. The highest BCUT2D eigenvalue weighted by Crippen LogP contribution is 2.37. The molecule has 4 rings (SSSR count). The largest absolute Gasteiger partial charge is 0.303 e. The predicted octanol–water partition coefficient (Wildman–Crippen LogP) is 1.85. The molecule has 1 aromatic heterocycles. The molecule has 4 heterocycles. The predicted molar refractivity (Wildman–Crippen MR) is 63.3 cm³/mol. The summed E-state index contributed by atoms with van der Waals surface area (Å²) in [5.41, 5.74) is 2.36. The minimum atomic E-state index is 0.640. The van der Waals surface area contributed by atoms with E-state index in [0.717, 1.165) is 18.0 Å². The van der Waals surface area contributed by atoms with Gasteiger partial charge in [-0.15, -0.1) is 0 Å². The minimum absolute atomic E-state index is 0.640. The second-order valence-corrected chi connectivity index (χ2v) is 5.03. The van der Waals surface area contributed by atoms with Crippen molar-refractivity contribution in [2.75, 3.05) is 19.6 Å². The van der Waals surface area contributed by atoms with E-state index in [2.05, 4.69) is 16.8 Å². The maximum absolute atomic E-state index is 4.74. The van der Waals surface area contributed by atoms with Crippen molar-refractivity contribution in [3.8, 4) is 0 Å². The summed E-state index contributed by atoms with van der Waals surface area (Å²) < 4.78 is 0. The number of hydrogen-bond donors (Lipinski definition) is 0. The van der Waals surface area contributed by atoms with Gasteiger partial charge in [0.05, 0.1) is 11.4 Å². The van der Waals surface area contributed by atoms with Crippen LogP contribution in [-0.2, 0) is 6.42 Å². The van der Waals surface area contributed by atoms with Gasteiger partial charge >= 0.3 is 0 Å². The molecule has 3 aliphatic rings. The number of aryl methyl sites for hydroxylation is 1. The molecule has 1 aromatic rings. The monoisotopic (exact) mass is 217 g/mol. The number of nitrogens with zero attached hydrogens (tertiary/aromatic N) is 3. The summed E-state index contributed by atoms with van der Waals surface area (Å²) in [6.07, 6.45) is 7.56. The van der Waals surface area contributed by atoms with Gasteiger partial charge in [-0.2, -0.15) is 0 Å². The Morgan fingerprint density at radius 1 is 1.31 bits per heavy atom. The topological polar surface area (TPSA) is 29.0 Å². The van der Waals surface area contributed by atoms with Crippen LogP contribution in [0.5, 0.6) is 0 Å². The van der Waals surface area contributed by atoms with E-state index in [9.17, 15) is 0 Å². The van der Waals surface area contributed by atoms with E-state index in [4.69, 9.17) is 4.98 Å². The normalized spacial score (nSPS) is 32.9. The average molecular weight is 217 g/mol. The van der Waals surface area contributed by atoms with Crippen molar-refractivity contribution in [3.05, 3.63) is 23.8 Å². The minimum Gasteiger partial charge on any atom is -0.303 e. The molecule has 16 heavy (non-hydrogen) atoms. The van der Waals surface area contributed by atoms with Crippen LogP contribution in [-0.4, -0.2) is 34.5 Å². The van der Waals surface area contributed by atoms with Gasteiger partial charge < -0.3 is 4.90 Å². The summed E-state index contributed by atoms with van der Waals surface area (Å²) in [5, 5.41) is 0. The van der Waals surface area contributed by atoms with Crippen LogP contribution in [0.25, 0.3) is 0 Å². The number of rotatable bonds is 2. The van der Waals surface area contributed by atoms with E-state index < -0.39 is 0 Å². The lowest BCUT2D eigenvalue weighted by Crippen LogP contribution is -2.46. The van der Waals surface area contributed by atoms with Gasteiger partial charge in [0, 0.05) is 24.9 Å². The maximum Gasteiger partial charge on any atom is 0.0636 e. The quantitative estimate of drug-likeness (QED) is 0.757. The van der Waals surface area contributed by atoms with Gasteiger partial charge in [0.2, 0.25) is 0 Å². The fourth-order valence-corrected chi connectivity index (χ4v) is 3.07. The van der Waals surface area contributed by atoms with Crippen molar-refractivity contribution in [2.45, 2.75) is 32.1 Å². The molecule has 3 fully saturated rings. The van der Waals surface area contributed by atoms with Crippen LogP contribution in [0.4, 0.5) is 0 Å². The first-order valence-electron chi connectivity index (χ1n) is 6.40. The Balaban J connectivity index is 1.86. The molecule has 0 spiro atoms. The fourth-order valence-electron chi connectivity index (χ4n) is 3.07. The van der Waals surface area contributed by atoms with Crippen molar-refractivity contribution in [3.63, 3.8) is 0 Å². The number of hydrogen-bond acceptors (Lipinski definition) is 3. The third-order valence-electron chi connectivity index (χ3n) is 4.10. The van der Waals surface area contributed by atoms with Crippen LogP contribution in [0.2, 0.25) is 0 Å². The molecule has 2 bridgehead atoms. The zero-order chi connectivity index (χ0) is 11.0. The molecule has 0 N–H and O–H groups in total. The summed E-state index contributed by atoms with van der Waals surface area (Å²) in [7, 11) is 0. The molecule has 3 nitrogen and oxygen atoms in total. The van der Waals surface area contributed by atoms with Gasteiger partial charge in [0.25, 0.3) is 0 Å². The average Bonchev–Trinajstić information content (AvgIpc) is 2.40. The summed E-state index contributed by atoms with van der Waals surface area (Å²) in [6, 6.07) is 0. The molecule has 0 aliphatic carbocycles. The molecule has 0 radical (unpaired) electrons. The molecule has 0 saturated carbocycles. The Morgan fingerprint density at radius 3 is 2.75 bits per heavy atom. The summed E-state index contributed by atoms with van der Waals surface area (Å²) in [4.78, 5) is 11.7. The van der Waals surface area contributed by atoms with E-state index >= 15 is 0 Å². The first-order valence-corrected chi connectivity index (χ1v) is 6.40. The van der Waals surface area contributed by atoms with Crippen molar-refractivity contribution in [1.82, 2.24) is 14.9 Å². The van der Waals surface area contributed by atoms with E-state index in [1.54, 1.807) is 0 Å². The van der Waals surface area contributed by atoms with Crippen LogP contribution in [0, 0.1) is 5.92 Å². The first kappa shape index (κ1) is 10.2. The van der Waals surface area contributed by atoms with Crippen LogP contribution in [0.1, 0.15) is 37.1 Å². The Labute approximate surface area is 96.9 Å². The molecule has 0 amide bonds. The van der Waals surface area contributed by atoms with Gasteiger partial charge in [0.1, 0.15) is 0 Å². The van der Waals surface area contributed by atoms with Crippen LogP contribution >= 0.6 is 0 Å². The van der Waals surface area contributed by atoms with Gasteiger partial charge in [-0.1, -0.05) is 6.92 Å². The Hall–Kier alpha value is -0.960. The Morgan fingerprint density at radius 2 is 2.12 bits per heavy atom. The third kappa shape index (κ3) is 1.73. The number of aromatic nitrogens is 2. The third-order valence-corrected chi connectivity index (χ3v) is 4.10.